The Labute approximate surface area is 109 Å². The van der Waals surface area contributed by atoms with Crippen LogP contribution in [0.25, 0.3) is 0 Å². The minimum Gasteiger partial charge on any atom is -0.477 e. The highest BCUT2D eigenvalue weighted by Crippen LogP contribution is 2.26. The molecular weight excluding hydrogens is 248 g/mol. The van der Waals surface area contributed by atoms with Gasteiger partial charge in [0.05, 0.1) is 12.2 Å². The van der Waals surface area contributed by atoms with Gasteiger partial charge in [-0.2, -0.15) is 5.10 Å². The first kappa shape index (κ1) is 11.7. The lowest BCUT2D eigenvalue weighted by atomic mass is 10.2. The van der Waals surface area contributed by atoms with E-state index in [-0.39, 0.29) is 5.56 Å². The molecule has 0 bridgehead atoms. The second-order valence-corrected chi connectivity index (χ2v) is 4.57. The van der Waals surface area contributed by atoms with Gasteiger partial charge >= 0.3 is 5.97 Å². The first-order valence-electron chi connectivity index (χ1n) is 5.96. The van der Waals surface area contributed by atoms with Crippen LogP contribution in [-0.4, -0.2) is 42.2 Å². The van der Waals surface area contributed by atoms with E-state index in [9.17, 15) is 9.90 Å². The van der Waals surface area contributed by atoms with Crippen molar-refractivity contribution in [2.75, 3.05) is 11.4 Å². The SMILES string of the molecule is Cc1nn(C)c(N2CCn3cnnc3C2)c1C(=O)O. The van der Waals surface area contributed by atoms with Crippen LogP contribution in [0.1, 0.15) is 21.9 Å². The molecule has 0 fully saturated rings. The van der Waals surface area contributed by atoms with Crippen LogP contribution in [0.15, 0.2) is 6.33 Å². The third-order valence-electron chi connectivity index (χ3n) is 3.34. The van der Waals surface area contributed by atoms with Gasteiger partial charge in [0.25, 0.3) is 0 Å². The number of hydrogen-bond donors (Lipinski definition) is 1. The highest BCUT2D eigenvalue weighted by atomic mass is 16.4. The minimum atomic E-state index is -0.951. The normalized spacial score (nSPS) is 14.5. The summed E-state index contributed by atoms with van der Waals surface area (Å²) in [6.07, 6.45) is 1.69. The van der Waals surface area contributed by atoms with Crippen molar-refractivity contribution in [3.63, 3.8) is 0 Å². The Morgan fingerprint density at radius 1 is 1.42 bits per heavy atom. The van der Waals surface area contributed by atoms with Crippen LogP contribution in [0.3, 0.4) is 0 Å². The molecule has 2 aromatic heterocycles. The van der Waals surface area contributed by atoms with Crippen molar-refractivity contribution in [1.29, 1.82) is 0 Å². The number of carboxylic acid groups (broad SMARTS) is 1. The van der Waals surface area contributed by atoms with Crippen LogP contribution in [0.5, 0.6) is 0 Å². The molecule has 0 aromatic carbocycles. The van der Waals surface area contributed by atoms with Crippen molar-refractivity contribution >= 4 is 11.8 Å². The predicted octanol–water partition coefficient (Wildman–Crippen LogP) is 0.0384. The van der Waals surface area contributed by atoms with Crippen molar-refractivity contribution < 1.29 is 9.90 Å². The van der Waals surface area contributed by atoms with Crippen LogP contribution in [0, 0.1) is 6.92 Å². The Balaban J connectivity index is 2.02. The summed E-state index contributed by atoms with van der Waals surface area (Å²) in [5.74, 6) is 0.508. The Morgan fingerprint density at radius 3 is 2.95 bits per heavy atom. The number of aromatic carboxylic acids is 1. The van der Waals surface area contributed by atoms with Crippen molar-refractivity contribution in [1.82, 2.24) is 24.5 Å². The summed E-state index contributed by atoms with van der Waals surface area (Å²) >= 11 is 0. The lowest BCUT2D eigenvalue weighted by molar-refractivity contribution is 0.0696. The van der Waals surface area contributed by atoms with E-state index in [4.69, 9.17) is 0 Å². The molecule has 0 atom stereocenters. The molecule has 8 nitrogen and oxygen atoms in total. The Hall–Kier alpha value is -2.38. The average molecular weight is 262 g/mol. The standard InChI is InChI=1S/C11H14N6O2/c1-7-9(11(18)19)10(15(2)14-7)16-3-4-17-6-12-13-8(17)5-16/h6H,3-5H2,1-2H3,(H,18,19). The zero-order valence-corrected chi connectivity index (χ0v) is 10.7. The smallest absolute Gasteiger partial charge is 0.341 e. The van der Waals surface area contributed by atoms with Gasteiger partial charge in [0, 0.05) is 20.1 Å². The zero-order chi connectivity index (χ0) is 13.6. The first-order valence-corrected chi connectivity index (χ1v) is 5.96. The number of carboxylic acids is 1. The number of hydrogen-bond acceptors (Lipinski definition) is 5. The number of fused-ring (bicyclic) bond motifs is 1. The summed E-state index contributed by atoms with van der Waals surface area (Å²) < 4.78 is 3.59. The quantitative estimate of drug-likeness (QED) is 0.822. The fraction of sp³-hybridized carbons (Fsp3) is 0.455. The fourth-order valence-corrected chi connectivity index (χ4v) is 2.51. The molecule has 100 valence electrons. The van der Waals surface area contributed by atoms with Gasteiger partial charge in [-0.15, -0.1) is 10.2 Å². The molecule has 8 heteroatoms. The summed E-state index contributed by atoms with van der Waals surface area (Å²) in [5.41, 5.74) is 0.785. The van der Waals surface area contributed by atoms with Crippen molar-refractivity contribution in [2.24, 2.45) is 7.05 Å². The van der Waals surface area contributed by atoms with Gasteiger partial charge in [-0.05, 0) is 6.92 Å². The molecule has 1 aliphatic rings. The maximum atomic E-state index is 11.4. The van der Waals surface area contributed by atoms with Crippen molar-refractivity contribution in [2.45, 2.75) is 20.0 Å². The second kappa shape index (κ2) is 4.08. The topological polar surface area (TPSA) is 89.1 Å². The highest BCUT2D eigenvalue weighted by Gasteiger charge is 2.27. The maximum Gasteiger partial charge on any atom is 0.341 e. The summed E-state index contributed by atoms with van der Waals surface area (Å²) in [7, 11) is 1.76. The van der Waals surface area contributed by atoms with Crippen molar-refractivity contribution in [3.05, 3.63) is 23.4 Å². The molecular formula is C11H14N6O2. The monoisotopic (exact) mass is 262 g/mol. The largest absolute Gasteiger partial charge is 0.477 e. The number of carbonyl (C=O) groups is 1. The van der Waals surface area contributed by atoms with Gasteiger partial charge in [-0.1, -0.05) is 0 Å². The van der Waals surface area contributed by atoms with Crippen LogP contribution in [0.2, 0.25) is 0 Å². The number of nitrogens with zero attached hydrogens (tertiary/aromatic N) is 6. The van der Waals surface area contributed by atoms with Gasteiger partial charge in [0.2, 0.25) is 0 Å². The molecule has 1 aliphatic heterocycles. The van der Waals surface area contributed by atoms with Gasteiger partial charge in [0.15, 0.2) is 5.82 Å². The maximum absolute atomic E-state index is 11.4. The van der Waals surface area contributed by atoms with Crippen molar-refractivity contribution in [3.8, 4) is 0 Å². The fourth-order valence-electron chi connectivity index (χ4n) is 2.51. The van der Waals surface area contributed by atoms with E-state index in [2.05, 4.69) is 15.3 Å². The summed E-state index contributed by atoms with van der Waals surface area (Å²) in [5, 5.41) is 21.4. The molecule has 0 radical (unpaired) electrons. The minimum absolute atomic E-state index is 0.260. The molecule has 1 N–H and O–H groups in total. The van der Waals surface area contributed by atoms with Crippen LogP contribution in [-0.2, 0) is 20.1 Å². The van der Waals surface area contributed by atoms with Gasteiger partial charge in [-0.3, -0.25) is 4.68 Å². The van der Waals surface area contributed by atoms with E-state index < -0.39 is 5.97 Å². The molecule has 2 aromatic rings. The summed E-state index contributed by atoms with van der Waals surface area (Å²) in [6.45, 7) is 3.70. The van der Waals surface area contributed by atoms with E-state index in [0.717, 1.165) is 12.4 Å². The summed E-state index contributed by atoms with van der Waals surface area (Å²) in [4.78, 5) is 13.4. The molecule has 3 heterocycles. The number of anilines is 1. The van der Waals surface area contributed by atoms with Crippen LogP contribution < -0.4 is 4.90 Å². The number of rotatable bonds is 2. The van der Waals surface area contributed by atoms with Gasteiger partial charge < -0.3 is 14.6 Å². The van der Waals surface area contributed by atoms with E-state index in [1.807, 2.05) is 9.47 Å². The second-order valence-electron chi connectivity index (χ2n) is 4.57. The molecule has 0 spiro atoms. The Bertz CT molecular complexity index is 644. The molecule has 0 aliphatic carbocycles. The number of aryl methyl sites for hydroxylation is 2. The van der Waals surface area contributed by atoms with E-state index in [0.29, 0.717) is 24.6 Å². The lowest BCUT2D eigenvalue weighted by Crippen LogP contribution is -2.35. The Morgan fingerprint density at radius 2 is 2.21 bits per heavy atom. The zero-order valence-electron chi connectivity index (χ0n) is 10.7. The van der Waals surface area contributed by atoms with E-state index in [1.54, 1.807) is 25.0 Å². The predicted molar refractivity (Wildman–Crippen MR) is 66.0 cm³/mol. The Kier molecular flexibility index (Phi) is 2.51. The average Bonchev–Trinajstić information content (AvgIpc) is 2.91. The van der Waals surface area contributed by atoms with E-state index >= 15 is 0 Å². The highest BCUT2D eigenvalue weighted by molar-refractivity contribution is 5.94. The number of aromatic nitrogens is 5. The van der Waals surface area contributed by atoms with Crippen LogP contribution in [0.4, 0.5) is 5.82 Å². The van der Waals surface area contributed by atoms with E-state index in [1.165, 1.54) is 0 Å². The van der Waals surface area contributed by atoms with Gasteiger partial charge in [0.1, 0.15) is 17.7 Å². The lowest BCUT2D eigenvalue weighted by Gasteiger charge is -2.29. The third kappa shape index (κ3) is 1.76. The van der Waals surface area contributed by atoms with Crippen LogP contribution >= 0.6 is 0 Å². The first-order chi connectivity index (χ1) is 9.08. The summed E-state index contributed by atoms with van der Waals surface area (Å²) in [6, 6.07) is 0. The molecule has 19 heavy (non-hydrogen) atoms. The van der Waals surface area contributed by atoms with Gasteiger partial charge in [-0.25, -0.2) is 4.79 Å². The molecule has 3 rings (SSSR count). The third-order valence-corrected chi connectivity index (χ3v) is 3.34. The molecule has 0 saturated heterocycles. The molecule has 0 unspecified atom stereocenters. The molecule has 0 amide bonds. The molecule has 0 saturated carbocycles.